The van der Waals surface area contributed by atoms with Gasteiger partial charge in [0.2, 0.25) is 5.88 Å². The average molecular weight is 221 g/mol. The molecular formula is C9H7N3O4. The lowest BCUT2D eigenvalue weighted by Gasteiger charge is -2.01. The van der Waals surface area contributed by atoms with E-state index in [9.17, 15) is 4.79 Å². The van der Waals surface area contributed by atoms with E-state index in [1.807, 2.05) is 0 Å². The van der Waals surface area contributed by atoms with Crippen molar-refractivity contribution in [1.82, 2.24) is 15.0 Å². The minimum absolute atomic E-state index is 0.132. The number of ether oxygens (including phenoxy) is 1. The second-order valence-electron chi connectivity index (χ2n) is 2.80. The van der Waals surface area contributed by atoms with Gasteiger partial charge in [-0.3, -0.25) is 0 Å². The first kappa shape index (κ1) is 10.1. The van der Waals surface area contributed by atoms with E-state index in [0.717, 1.165) is 6.20 Å². The molecule has 0 saturated heterocycles. The largest absolute Gasteiger partial charge is 0.476 e. The first-order valence-corrected chi connectivity index (χ1v) is 4.31. The number of aromatic carboxylic acids is 1. The highest BCUT2D eigenvalue weighted by atomic mass is 16.5. The highest BCUT2D eigenvalue weighted by Gasteiger charge is 2.05. The summed E-state index contributed by atoms with van der Waals surface area (Å²) in [6.45, 7) is 0.168. The highest BCUT2D eigenvalue weighted by Crippen LogP contribution is 2.07. The van der Waals surface area contributed by atoms with Crippen LogP contribution in [-0.4, -0.2) is 26.0 Å². The lowest BCUT2D eigenvalue weighted by molar-refractivity contribution is 0.0689. The summed E-state index contributed by atoms with van der Waals surface area (Å²) in [5, 5.41) is 8.59. The third-order valence-corrected chi connectivity index (χ3v) is 1.69. The Kier molecular flexibility index (Phi) is 2.77. The number of nitrogens with zero attached hydrogens (tertiary/aromatic N) is 3. The van der Waals surface area contributed by atoms with Crippen molar-refractivity contribution < 1.29 is 19.1 Å². The van der Waals surface area contributed by atoms with Gasteiger partial charge in [0, 0.05) is 0 Å². The molecule has 0 atom stereocenters. The van der Waals surface area contributed by atoms with E-state index in [0.29, 0.717) is 5.76 Å². The second kappa shape index (κ2) is 4.39. The average Bonchev–Trinajstić information content (AvgIpc) is 2.80. The van der Waals surface area contributed by atoms with Crippen LogP contribution in [-0.2, 0) is 6.61 Å². The molecular weight excluding hydrogens is 214 g/mol. The fourth-order valence-electron chi connectivity index (χ4n) is 0.960. The third kappa shape index (κ3) is 2.32. The van der Waals surface area contributed by atoms with Crippen LogP contribution in [0.2, 0.25) is 0 Å². The van der Waals surface area contributed by atoms with E-state index >= 15 is 0 Å². The van der Waals surface area contributed by atoms with Crippen LogP contribution in [0.15, 0.2) is 29.4 Å². The zero-order chi connectivity index (χ0) is 11.4. The lowest BCUT2D eigenvalue weighted by Crippen LogP contribution is -2.02. The van der Waals surface area contributed by atoms with Crippen LogP contribution in [0.4, 0.5) is 0 Å². The summed E-state index contributed by atoms with van der Waals surface area (Å²) in [7, 11) is 0. The molecule has 0 radical (unpaired) electrons. The van der Waals surface area contributed by atoms with E-state index in [2.05, 4.69) is 15.0 Å². The van der Waals surface area contributed by atoms with Gasteiger partial charge in [0.25, 0.3) is 0 Å². The van der Waals surface area contributed by atoms with Crippen molar-refractivity contribution in [2.75, 3.05) is 0 Å². The molecule has 0 unspecified atom stereocenters. The molecule has 0 amide bonds. The van der Waals surface area contributed by atoms with Crippen LogP contribution in [0.25, 0.3) is 0 Å². The van der Waals surface area contributed by atoms with E-state index in [1.165, 1.54) is 18.8 Å². The zero-order valence-corrected chi connectivity index (χ0v) is 8.03. The van der Waals surface area contributed by atoms with Crippen LogP contribution < -0.4 is 4.74 Å². The molecule has 2 aromatic heterocycles. The molecule has 0 aliphatic rings. The number of aromatic nitrogens is 3. The van der Waals surface area contributed by atoms with Crippen molar-refractivity contribution in [3.63, 3.8) is 0 Å². The molecule has 7 nitrogen and oxygen atoms in total. The van der Waals surface area contributed by atoms with Crippen molar-refractivity contribution in [3.8, 4) is 5.88 Å². The van der Waals surface area contributed by atoms with Gasteiger partial charge in [0.05, 0.1) is 18.6 Å². The lowest BCUT2D eigenvalue weighted by atomic mass is 10.5. The summed E-state index contributed by atoms with van der Waals surface area (Å²) in [6, 6.07) is 0. The summed E-state index contributed by atoms with van der Waals surface area (Å²) in [6.07, 6.45) is 5.16. The van der Waals surface area contributed by atoms with Crippen LogP contribution in [0.5, 0.6) is 5.88 Å². The summed E-state index contributed by atoms with van der Waals surface area (Å²) in [5.74, 6) is -0.361. The van der Waals surface area contributed by atoms with Gasteiger partial charge in [-0.25, -0.2) is 19.7 Å². The van der Waals surface area contributed by atoms with Gasteiger partial charge in [-0.2, -0.15) is 0 Å². The Hall–Kier alpha value is -2.44. The molecule has 2 aromatic rings. The highest BCUT2D eigenvalue weighted by molar-refractivity contribution is 5.84. The second-order valence-corrected chi connectivity index (χ2v) is 2.80. The maximum absolute atomic E-state index is 10.5. The Morgan fingerprint density at radius 2 is 2.25 bits per heavy atom. The Balaban J connectivity index is 1.98. The van der Waals surface area contributed by atoms with Crippen LogP contribution in [0.3, 0.4) is 0 Å². The minimum Gasteiger partial charge on any atom is -0.476 e. The van der Waals surface area contributed by atoms with Crippen LogP contribution >= 0.6 is 0 Å². The Bertz CT molecular complexity index is 466. The molecule has 0 fully saturated rings. The van der Waals surface area contributed by atoms with Crippen molar-refractivity contribution in [2.24, 2.45) is 0 Å². The summed E-state index contributed by atoms with van der Waals surface area (Å²) in [5.41, 5.74) is -0.132. The number of hydrogen-bond donors (Lipinski definition) is 1. The molecule has 2 rings (SSSR count). The molecule has 7 heteroatoms. The first-order valence-electron chi connectivity index (χ1n) is 4.31. The molecule has 0 bridgehead atoms. The monoisotopic (exact) mass is 221 g/mol. The number of carbonyl (C=O) groups is 1. The molecule has 0 aliphatic heterocycles. The number of carboxylic acids is 1. The molecule has 2 heterocycles. The van der Waals surface area contributed by atoms with Crippen molar-refractivity contribution >= 4 is 5.97 Å². The molecule has 0 aliphatic carbocycles. The zero-order valence-electron chi connectivity index (χ0n) is 8.03. The Morgan fingerprint density at radius 3 is 2.81 bits per heavy atom. The van der Waals surface area contributed by atoms with Crippen molar-refractivity contribution in [1.29, 1.82) is 0 Å². The predicted octanol–water partition coefficient (Wildman–Crippen LogP) is 0.742. The Morgan fingerprint density at radius 1 is 1.38 bits per heavy atom. The van der Waals surface area contributed by atoms with Gasteiger partial charge in [-0.05, 0) is 0 Å². The third-order valence-electron chi connectivity index (χ3n) is 1.69. The molecule has 0 aromatic carbocycles. The summed E-state index contributed by atoms with van der Waals surface area (Å²) in [4.78, 5) is 21.6. The standard InChI is InChI=1S/C9H7N3O4/c13-9(14)7-2-12-8(3-11-7)15-4-6-1-10-5-16-6/h1-3,5H,4H2,(H,13,14). The van der Waals surface area contributed by atoms with Gasteiger partial charge in [-0.1, -0.05) is 0 Å². The minimum atomic E-state index is -1.13. The topological polar surface area (TPSA) is 98.3 Å². The van der Waals surface area contributed by atoms with Gasteiger partial charge in [0.15, 0.2) is 17.8 Å². The van der Waals surface area contributed by atoms with E-state index < -0.39 is 5.97 Å². The quantitative estimate of drug-likeness (QED) is 0.812. The fraction of sp³-hybridized carbons (Fsp3) is 0.111. The molecule has 16 heavy (non-hydrogen) atoms. The van der Waals surface area contributed by atoms with E-state index in [-0.39, 0.29) is 18.2 Å². The Labute approximate surface area is 89.7 Å². The molecule has 0 spiro atoms. The van der Waals surface area contributed by atoms with Crippen LogP contribution in [0, 0.1) is 0 Å². The number of oxazole rings is 1. The van der Waals surface area contributed by atoms with Gasteiger partial charge in [0.1, 0.15) is 6.61 Å². The van der Waals surface area contributed by atoms with Gasteiger partial charge in [-0.15, -0.1) is 0 Å². The number of carboxylic acid groups (broad SMARTS) is 1. The normalized spacial score (nSPS) is 10.0. The summed E-state index contributed by atoms with van der Waals surface area (Å²) >= 11 is 0. The smallest absolute Gasteiger partial charge is 0.356 e. The van der Waals surface area contributed by atoms with Gasteiger partial charge < -0.3 is 14.3 Å². The molecule has 82 valence electrons. The van der Waals surface area contributed by atoms with E-state index in [4.69, 9.17) is 14.3 Å². The first-order chi connectivity index (χ1) is 7.75. The number of hydrogen-bond acceptors (Lipinski definition) is 6. The van der Waals surface area contributed by atoms with Crippen molar-refractivity contribution in [3.05, 3.63) is 36.4 Å². The maximum atomic E-state index is 10.5. The SMILES string of the molecule is O=C(O)c1cnc(OCc2cnco2)cn1. The molecule has 0 saturated carbocycles. The number of rotatable bonds is 4. The fourth-order valence-corrected chi connectivity index (χ4v) is 0.960. The van der Waals surface area contributed by atoms with Crippen molar-refractivity contribution in [2.45, 2.75) is 6.61 Å². The summed E-state index contributed by atoms with van der Waals surface area (Å²) < 4.78 is 10.1. The van der Waals surface area contributed by atoms with Gasteiger partial charge >= 0.3 is 5.97 Å². The maximum Gasteiger partial charge on any atom is 0.356 e. The predicted molar refractivity (Wildman–Crippen MR) is 49.8 cm³/mol. The van der Waals surface area contributed by atoms with Crippen LogP contribution in [0.1, 0.15) is 16.2 Å². The van der Waals surface area contributed by atoms with E-state index in [1.54, 1.807) is 0 Å². The molecule has 1 N–H and O–H groups in total.